The molecule has 0 unspecified atom stereocenters. The molecule has 0 N–H and O–H groups in total. The molecule has 0 fully saturated rings. The van der Waals surface area contributed by atoms with Crippen LogP contribution in [0.3, 0.4) is 0 Å². The van der Waals surface area contributed by atoms with E-state index >= 15 is 0 Å². The highest BCUT2D eigenvalue weighted by molar-refractivity contribution is 5.01. The average Bonchev–Trinajstić information content (AvgIpc) is 2.08. The number of hydrogen-bond donors (Lipinski definition) is 0. The average molecular weight is 168 g/mol. The van der Waals surface area contributed by atoms with Crippen LogP contribution in [0.25, 0.3) is 0 Å². The Hall–Kier alpha value is -1.32. The highest BCUT2D eigenvalue weighted by Gasteiger charge is 2.02. The maximum absolute atomic E-state index is 11.3. The van der Waals surface area contributed by atoms with Crippen LogP contribution in [0.2, 0.25) is 0 Å². The van der Waals surface area contributed by atoms with E-state index < -0.39 is 0 Å². The fourth-order valence-electron chi connectivity index (χ4n) is 1.12. The van der Waals surface area contributed by atoms with E-state index in [-0.39, 0.29) is 11.2 Å². The molecule has 4 nitrogen and oxygen atoms in total. The molecule has 1 aromatic heterocycles. The molecule has 0 aliphatic heterocycles. The Morgan fingerprint density at radius 3 is 2.33 bits per heavy atom. The molecule has 0 atom stereocenters. The zero-order valence-electron chi connectivity index (χ0n) is 7.50. The normalized spacial score (nSPS) is 10.2. The second kappa shape index (κ2) is 2.97. The van der Waals surface area contributed by atoms with E-state index in [0.717, 1.165) is 10.3 Å². The van der Waals surface area contributed by atoms with Crippen LogP contribution in [0.4, 0.5) is 0 Å². The molecule has 0 saturated heterocycles. The topological polar surface area (TPSA) is 44.0 Å². The summed E-state index contributed by atoms with van der Waals surface area (Å²) in [6.45, 7) is 1.91. The molecule has 0 amide bonds. The zero-order valence-corrected chi connectivity index (χ0v) is 7.50. The highest BCUT2D eigenvalue weighted by Crippen LogP contribution is 1.89. The quantitative estimate of drug-likeness (QED) is 0.575. The smallest absolute Gasteiger partial charge is 0.301 e. The van der Waals surface area contributed by atoms with Crippen molar-refractivity contribution in [3.63, 3.8) is 0 Å². The Bertz CT molecular complexity index is 400. The zero-order chi connectivity index (χ0) is 9.30. The molecule has 0 radical (unpaired) electrons. The van der Waals surface area contributed by atoms with Gasteiger partial charge in [0.1, 0.15) is 0 Å². The molecule has 0 saturated carbocycles. The number of nitrogens with zero attached hydrogens (tertiary/aromatic N) is 2. The predicted molar refractivity (Wildman–Crippen MR) is 46.3 cm³/mol. The van der Waals surface area contributed by atoms with Crippen LogP contribution in [0.5, 0.6) is 0 Å². The van der Waals surface area contributed by atoms with Crippen molar-refractivity contribution in [3.05, 3.63) is 32.6 Å². The summed E-state index contributed by atoms with van der Waals surface area (Å²) in [4.78, 5) is 22.4. The first-order valence-corrected chi connectivity index (χ1v) is 3.84. The number of hydrogen-bond acceptors (Lipinski definition) is 2. The Labute approximate surface area is 70.1 Å². The molecule has 0 spiro atoms. The minimum Gasteiger partial charge on any atom is -0.301 e. The number of aryl methyl sites for hydroxylation is 1. The third kappa shape index (κ3) is 1.20. The third-order valence-electron chi connectivity index (χ3n) is 1.99. The van der Waals surface area contributed by atoms with Gasteiger partial charge >= 0.3 is 5.69 Å². The summed E-state index contributed by atoms with van der Waals surface area (Å²) in [5.74, 6) is 0. The lowest BCUT2D eigenvalue weighted by Gasteiger charge is -2.05. The standard InChI is InChI=1S/C8H12N2O2/c1-4-6-5-7(11)10(3)8(12)9(6)2/h5H,4H2,1-3H3. The predicted octanol–water partition coefficient (Wildman–Crippen LogP) is -0.354. The molecule has 0 bridgehead atoms. The van der Waals surface area contributed by atoms with E-state index in [1.165, 1.54) is 17.7 Å². The van der Waals surface area contributed by atoms with Gasteiger partial charge in [-0.2, -0.15) is 0 Å². The van der Waals surface area contributed by atoms with Gasteiger partial charge in [0.25, 0.3) is 5.56 Å². The van der Waals surface area contributed by atoms with Crippen molar-refractivity contribution in [2.24, 2.45) is 14.1 Å². The van der Waals surface area contributed by atoms with Gasteiger partial charge in [-0.3, -0.25) is 9.36 Å². The molecule has 4 heteroatoms. The van der Waals surface area contributed by atoms with Crippen LogP contribution in [-0.2, 0) is 20.5 Å². The van der Waals surface area contributed by atoms with E-state index in [4.69, 9.17) is 0 Å². The van der Waals surface area contributed by atoms with Crippen molar-refractivity contribution in [1.29, 1.82) is 0 Å². The van der Waals surface area contributed by atoms with E-state index in [2.05, 4.69) is 0 Å². The van der Waals surface area contributed by atoms with Crippen molar-refractivity contribution >= 4 is 0 Å². The van der Waals surface area contributed by atoms with E-state index in [1.807, 2.05) is 6.92 Å². The minimum atomic E-state index is -0.264. The second-order valence-electron chi connectivity index (χ2n) is 2.73. The molecule has 0 aliphatic rings. The van der Waals surface area contributed by atoms with Crippen LogP contribution in [0.15, 0.2) is 15.7 Å². The van der Waals surface area contributed by atoms with Crippen molar-refractivity contribution in [3.8, 4) is 0 Å². The minimum absolute atomic E-state index is 0.241. The molecule has 0 aliphatic carbocycles. The van der Waals surface area contributed by atoms with Gasteiger partial charge in [-0.1, -0.05) is 6.92 Å². The summed E-state index contributed by atoms with van der Waals surface area (Å²) in [5.41, 5.74) is 0.261. The lowest BCUT2D eigenvalue weighted by Crippen LogP contribution is -2.37. The van der Waals surface area contributed by atoms with Gasteiger partial charge in [-0.25, -0.2) is 4.79 Å². The molecule has 1 heterocycles. The van der Waals surface area contributed by atoms with E-state index in [9.17, 15) is 9.59 Å². The number of aromatic nitrogens is 2. The van der Waals surface area contributed by atoms with Gasteiger partial charge in [-0.15, -0.1) is 0 Å². The fraction of sp³-hybridized carbons (Fsp3) is 0.500. The first kappa shape index (κ1) is 8.77. The first-order valence-electron chi connectivity index (χ1n) is 3.84. The monoisotopic (exact) mass is 168 g/mol. The van der Waals surface area contributed by atoms with Crippen molar-refractivity contribution < 1.29 is 0 Å². The van der Waals surface area contributed by atoms with Gasteiger partial charge < -0.3 is 4.57 Å². The van der Waals surface area contributed by atoms with Crippen molar-refractivity contribution in [2.75, 3.05) is 0 Å². The Balaban J connectivity index is 3.61. The van der Waals surface area contributed by atoms with Crippen LogP contribution in [0.1, 0.15) is 12.6 Å². The Morgan fingerprint density at radius 1 is 1.25 bits per heavy atom. The van der Waals surface area contributed by atoms with Gasteiger partial charge in [-0.05, 0) is 6.42 Å². The van der Waals surface area contributed by atoms with Crippen LogP contribution < -0.4 is 11.2 Å². The third-order valence-corrected chi connectivity index (χ3v) is 1.99. The lowest BCUT2D eigenvalue weighted by molar-refractivity contribution is 0.654. The molecule has 1 rings (SSSR count). The Kier molecular flexibility index (Phi) is 2.17. The summed E-state index contributed by atoms with van der Waals surface area (Å²) < 4.78 is 2.58. The molecule has 66 valence electrons. The van der Waals surface area contributed by atoms with Gasteiger partial charge in [0, 0.05) is 25.9 Å². The SMILES string of the molecule is CCc1cc(=O)n(C)c(=O)n1C. The molecule has 12 heavy (non-hydrogen) atoms. The maximum Gasteiger partial charge on any atom is 0.330 e. The van der Waals surface area contributed by atoms with Crippen molar-refractivity contribution in [1.82, 2.24) is 9.13 Å². The Morgan fingerprint density at radius 2 is 1.83 bits per heavy atom. The first-order chi connectivity index (χ1) is 5.57. The summed E-state index contributed by atoms with van der Waals surface area (Å²) in [6.07, 6.45) is 0.696. The summed E-state index contributed by atoms with van der Waals surface area (Å²) in [6, 6.07) is 1.49. The van der Waals surface area contributed by atoms with Crippen LogP contribution in [-0.4, -0.2) is 9.13 Å². The largest absolute Gasteiger partial charge is 0.330 e. The second-order valence-corrected chi connectivity index (χ2v) is 2.73. The lowest BCUT2D eigenvalue weighted by atomic mass is 10.3. The highest BCUT2D eigenvalue weighted by atomic mass is 16.2. The van der Waals surface area contributed by atoms with Crippen LogP contribution >= 0.6 is 0 Å². The van der Waals surface area contributed by atoms with Crippen LogP contribution in [0, 0.1) is 0 Å². The summed E-state index contributed by atoms with van der Waals surface area (Å²) in [5, 5.41) is 0. The molecular weight excluding hydrogens is 156 g/mol. The summed E-state index contributed by atoms with van der Waals surface area (Å²) >= 11 is 0. The van der Waals surface area contributed by atoms with E-state index in [1.54, 1.807) is 7.05 Å². The van der Waals surface area contributed by atoms with Gasteiger partial charge in [0.15, 0.2) is 0 Å². The molecular formula is C8H12N2O2. The summed E-state index contributed by atoms with van der Waals surface area (Å²) in [7, 11) is 3.14. The molecule has 1 aromatic rings. The van der Waals surface area contributed by atoms with Crippen molar-refractivity contribution in [2.45, 2.75) is 13.3 Å². The fourth-order valence-corrected chi connectivity index (χ4v) is 1.12. The van der Waals surface area contributed by atoms with Gasteiger partial charge in [0.2, 0.25) is 0 Å². The molecule has 0 aromatic carbocycles. The number of rotatable bonds is 1. The van der Waals surface area contributed by atoms with E-state index in [0.29, 0.717) is 6.42 Å². The van der Waals surface area contributed by atoms with Gasteiger partial charge in [0.05, 0.1) is 0 Å². The maximum atomic E-state index is 11.3.